The van der Waals surface area contributed by atoms with E-state index < -0.39 is 9.84 Å². The molecule has 0 amide bonds. The molecule has 1 aliphatic rings. The quantitative estimate of drug-likeness (QED) is 0.663. The van der Waals surface area contributed by atoms with Gasteiger partial charge >= 0.3 is 0 Å². The second-order valence-corrected chi connectivity index (χ2v) is 6.36. The molecule has 1 heterocycles. The molecule has 2 atom stereocenters. The second kappa shape index (κ2) is 4.44. The third-order valence-corrected chi connectivity index (χ3v) is 5.03. The first-order chi connectivity index (χ1) is 6.47. The second-order valence-electron chi connectivity index (χ2n) is 3.47. The van der Waals surface area contributed by atoms with Crippen molar-refractivity contribution in [3.8, 4) is 0 Å². The van der Waals surface area contributed by atoms with Crippen molar-refractivity contribution < 1.29 is 8.42 Å². The van der Waals surface area contributed by atoms with Gasteiger partial charge in [-0.05, 0) is 32.5 Å². The van der Waals surface area contributed by atoms with Gasteiger partial charge in [-0.25, -0.2) is 8.42 Å². The minimum atomic E-state index is -2.88. The first-order valence-corrected chi connectivity index (χ1v) is 6.85. The molecule has 0 saturated carbocycles. The van der Waals surface area contributed by atoms with Crippen molar-refractivity contribution in [3.63, 3.8) is 0 Å². The lowest BCUT2D eigenvalue weighted by molar-refractivity contribution is 0.570. The van der Waals surface area contributed by atoms with Gasteiger partial charge in [-0.3, -0.25) is 0 Å². The molecule has 1 saturated heterocycles. The highest BCUT2D eigenvalue weighted by Crippen LogP contribution is 2.19. The lowest BCUT2D eigenvalue weighted by Crippen LogP contribution is -2.45. The summed E-state index contributed by atoms with van der Waals surface area (Å²) in [5.41, 5.74) is 0. The van der Waals surface area contributed by atoms with Crippen LogP contribution in [-0.4, -0.2) is 37.1 Å². The fourth-order valence-corrected chi connectivity index (χ4v) is 3.49. The Morgan fingerprint density at radius 1 is 1.57 bits per heavy atom. The van der Waals surface area contributed by atoms with Crippen molar-refractivity contribution >= 4 is 27.2 Å². The SMILES string of the molecule is CCNC(=S)NC1CCS(=O)(=O)C1C. The summed E-state index contributed by atoms with van der Waals surface area (Å²) in [6, 6.07) is -0.0356. The minimum Gasteiger partial charge on any atom is -0.363 e. The Labute approximate surface area is 90.4 Å². The maximum Gasteiger partial charge on any atom is 0.166 e. The molecule has 0 spiro atoms. The molecule has 0 aromatic rings. The van der Waals surface area contributed by atoms with Gasteiger partial charge in [-0.15, -0.1) is 0 Å². The summed E-state index contributed by atoms with van der Waals surface area (Å²) in [6.45, 7) is 4.43. The topological polar surface area (TPSA) is 58.2 Å². The van der Waals surface area contributed by atoms with Gasteiger partial charge in [-0.1, -0.05) is 0 Å². The zero-order valence-electron chi connectivity index (χ0n) is 8.41. The van der Waals surface area contributed by atoms with Crippen molar-refractivity contribution in [2.45, 2.75) is 31.6 Å². The summed E-state index contributed by atoms with van der Waals surface area (Å²) in [6.07, 6.45) is 0.648. The molecule has 14 heavy (non-hydrogen) atoms. The number of nitrogens with one attached hydrogen (secondary N) is 2. The maximum absolute atomic E-state index is 11.4. The van der Waals surface area contributed by atoms with Crippen LogP contribution in [0.1, 0.15) is 20.3 Å². The molecule has 6 heteroatoms. The molecule has 1 fully saturated rings. The summed E-state index contributed by atoms with van der Waals surface area (Å²) in [7, 11) is -2.88. The summed E-state index contributed by atoms with van der Waals surface area (Å²) < 4.78 is 22.8. The van der Waals surface area contributed by atoms with Crippen LogP contribution in [-0.2, 0) is 9.84 Å². The van der Waals surface area contributed by atoms with E-state index in [-0.39, 0.29) is 17.0 Å². The van der Waals surface area contributed by atoms with Gasteiger partial charge < -0.3 is 10.6 Å². The average Bonchev–Trinajstić information content (AvgIpc) is 2.33. The van der Waals surface area contributed by atoms with E-state index in [2.05, 4.69) is 10.6 Å². The Balaban J connectivity index is 2.53. The van der Waals surface area contributed by atoms with Crippen LogP contribution in [0.3, 0.4) is 0 Å². The number of thiocarbonyl (C=S) groups is 1. The van der Waals surface area contributed by atoms with E-state index in [1.165, 1.54) is 0 Å². The predicted octanol–water partition coefficient (Wildman–Crippen LogP) is 0.0460. The summed E-state index contributed by atoms with van der Waals surface area (Å²) in [5.74, 6) is 0.264. The molecule has 0 radical (unpaired) electrons. The zero-order valence-corrected chi connectivity index (χ0v) is 10.0. The van der Waals surface area contributed by atoms with E-state index in [4.69, 9.17) is 12.2 Å². The van der Waals surface area contributed by atoms with Crippen LogP contribution in [0.5, 0.6) is 0 Å². The van der Waals surface area contributed by atoms with Crippen LogP contribution in [0, 0.1) is 0 Å². The highest BCUT2D eigenvalue weighted by Gasteiger charge is 2.36. The third kappa shape index (κ3) is 2.57. The molecule has 0 bridgehead atoms. The smallest absolute Gasteiger partial charge is 0.166 e. The van der Waals surface area contributed by atoms with Crippen molar-refractivity contribution in [1.82, 2.24) is 10.6 Å². The molecule has 0 aliphatic carbocycles. The Morgan fingerprint density at radius 3 is 2.64 bits per heavy atom. The van der Waals surface area contributed by atoms with Gasteiger partial charge in [0.2, 0.25) is 0 Å². The normalized spacial score (nSPS) is 29.9. The number of hydrogen-bond acceptors (Lipinski definition) is 3. The summed E-state index contributed by atoms with van der Waals surface area (Å²) in [5, 5.41) is 6.18. The number of hydrogen-bond donors (Lipinski definition) is 2. The van der Waals surface area contributed by atoms with E-state index in [1.807, 2.05) is 6.92 Å². The van der Waals surface area contributed by atoms with Crippen molar-refractivity contribution in [3.05, 3.63) is 0 Å². The van der Waals surface area contributed by atoms with Crippen molar-refractivity contribution in [2.75, 3.05) is 12.3 Å². The Hall–Kier alpha value is -0.360. The van der Waals surface area contributed by atoms with Crippen LogP contribution in [0.25, 0.3) is 0 Å². The van der Waals surface area contributed by atoms with Gasteiger partial charge in [0.25, 0.3) is 0 Å². The predicted molar refractivity (Wildman–Crippen MR) is 61.1 cm³/mol. The Kier molecular flexibility index (Phi) is 3.71. The zero-order chi connectivity index (χ0) is 10.8. The summed E-state index contributed by atoms with van der Waals surface area (Å²) >= 11 is 5.00. The molecule has 2 N–H and O–H groups in total. The fraction of sp³-hybridized carbons (Fsp3) is 0.875. The van der Waals surface area contributed by atoms with Crippen molar-refractivity contribution in [1.29, 1.82) is 0 Å². The highest BCUT2D eigenvalue weighted by atomic mass is 32.2. The van der Waals surface area contributed by atoms with E-state index in [1.54, 1.807) is 6.92 Å². The minimum absolute atomic E-state index is 0.0356. The van der Waals surface area contributed by atoms with E-state index in [0.29, 0.717) is 11.5 Å². The van der Waals surface area contributed by atoms with E-state index in [9.17, 15) is 8.42 Å². The maximum atomic E-state index is 11.4. The monoisotopic (exact) mass is 236 g/mol. The number of rotatable bonds is 2. The average molecular weight is 236 g/mol. The van der Waals surface area contributed by atoms with E-state index >= 15 is 0 Å². The molecule has 0 aromatic heterocycles. The Bertz CT molecular complexity index is 313. The Morgan fingerprint density at radius 2 is 2.21 bits per heavy atom. The molecule has 1 rings (SSSR count). The molecule has 2 unspecified atom stereocenters. The molecular weight excluding hydrogens is 220 g/mol. The van der Waals surface area contributed by atoms with Gasteiger partial charge in [-0.2, -0.15) is 0 Å². The standard InChI is InChI=1S/C8H16N2O2S2/c1-3-9-8(13)10-7-4-5-14(11,12)6(7)2/h6-7H,3-5H2,1-2H3,(H2,9,10,13). The fourth-order valence-electron chi connectivity index (χ4n) is 1.53. The van der Waals surface area contributed by atoms with Gasteiger partial charge in [0.05, 0.1) is 11.0 Å². The van der Waals surface area contributed by atoms with Crippen molar-refractivity contribution in [2.24, 2.45) is 0 Å². The first-order valence-electron chi connectivity index (χ1n) is 4.73. The van der Waals surface area contributed by atoms with E-state index in [0.717, 1.165) is 6.54 Å². The molecule has 0 aromatic carbocycles. The van der Waals surface area contributed by atoms with Gasteiger partial charge in [0, 0.05) is 12.6 Å². The van der Waals surface area contributed by atoms with Crippen LogP contribution in [0.2, 0.25) is 0 Å². The molecule has 1 aliphatic heterocycles. The lowest BCUT2D eigenvalue weighted by Gasteiger charge is -2.18. The first kappa shape index (κ1) is 11.7. The van der Waals surface area contributed by atoms with Crippen LogP contribution in [0.15, 0.2) is 0 Å². The van der Waals surface area contributed by atoms with Crippen LogP contribution >= 0.6 is 12.2 Å². The molecular formula is C8H16N2O2S2. The van der Waals surface area contributed by atoms with Crippen LogP contribution in [0.4, 0.5) is 0 Å². The van der Waals surface area contributed by atoms with Gasteiger partial charge in [0.1, 0.15) is 0 Å². The highest BCUT2D eigenvalue weighted by molar-refractivity contribution is 7.92. The number of sulfone groups is 1. The molecule has 4 nitrogen and oxygen atoms in total. The largest absolute Gasteiger partial charge is 0.363 e. The van der Waals surface area contributed by atoms with Gasteiger partial charge in [0.15, 0.2) is 14.9 Å². The third-order valence-electron chi connectivity index (χ3n) is 2.50. The lowest BCUT2D eigenvalue weighted by atomic mass is 10.2. The molecule has 82 valence electrons. The summed E-state index contributed by atoms with van der Waals surface area (Å²) in [4.78, 5) is 0. The van der Waals surface area contributed by atoms with Crippen LogP contribution < -0.4 is 10.6 Å².